The molecule has 5 nitrogen and oxygen atoms in total. The van der Waals surface area contributed by atoms with Crippen molar-refractivity contribution in [1.82, 2.24) is 24.1 Å². The average molecular weight is 792 g/mol. The van der Waals surface area contributed by atoms with E-state index < -0.39 is 0 Å². The molecule has 0 saturated carbocycles. The topological polar surface area (TPSA) is 48.5 Å². The minimum absolute atomic E-state index is 0.610. The highest BCUT2D eigenvalue weighted by Crippen LogP contribution is 2.42. The Balaban J connectivity index is 1.14. The molecular formula is C57H37N5. The van der Waals surface area contributed by atoms with Gasteiger partial charge in [0.2, 0.25) is 0 Å². The third kappa shape index (κ3) is 5.90. The van der Waals surface area contributed by atoms with Crippen molar-refractivity contribution < 1.29 is 0 Å². The molecular weight excluding hydrogens is 755 g/mol. The monoisotopic (exact) mass is 791 g/mol. The Morgan fingerprint density at radius 1 is 0.274 bits per heavy atom. The highest BCUT2D eigenvalue weighted by molar-refractivity contribution is 6.15. The fourth-order valence-electron chi connectivity index (χ4n) is 9.15. The van der Waals surface area contributed by atoms with Gasteiger partial charge in [0.05, 0.1) is 27.8 Å². The summed E-state index contributed by atoms with van der Waals surface area (Å²) in [5.74, 6) is 1.87. The quantitative estimate of drug-likeness (QED) is 0.162. The van der Waals surface area contributed by atoms with Crippen LogP contribution in [0, 0.1) is 0 Å². The third-order valence-corrected chi connectivity index (χ3v) is 12.0. The largest absolute Gasteiger partial charge is 0.309 e. The standard InChI is InChI=1S/C57H37N5/c1-5-18-38(19-6-1)44-34-32-42(57-59-55(40-22-9-3-10-23-40)58-56(60-57)41-24-11-4-12-25-41)36-52(44)62-51-31-16-13-26-46(51)48-35-33-43(37-53(48)62)61-50-30-15-14-27-47(50)49-29-17-28-45(54(49)61)39-20-7-2-8-21-39/h1-37H. The summed E-state index contributed by atoms with van der Waals surface area (Å²) in [7, 11) is 0. The number of hydrogen-bond donors (Lipinski definition) is 0. The Kier molecular flexibility index (Phi) is 8.42. The van der Waals surface area contributed by atoms with Crippen LogP contribution in [0.1, 0.15) is 0 Å². The van der Waals surface area contributed by atoms with Gasteiger partial charge in [-0.15, -0.1) is 0 Å². The average Bonchev–Trinajstić information content (AvgIpc) is 3.87. The zero-order valence-electron chi connectivity index (χ0n) is 33.6. The summed E-state index contributed by atoms with van der Waals surface area (Å²) >= 11 is 0. The molecule has 0 aliphatic carbocycles. The zero-order chi connectivity index (χ0) is 41.0. The number of nitrogens with zero attached hydrogens (tertiary/aromatic N) is 5. The van der Waals surface area contributed by atoms with Gasteiger partial charge in [0.25, 0.3) is 0 Å². The molecule has 9 aromatic carbocycles. The highest BCUT2D eigenvalue weighted by atomic mass is 15.0. The molecule has 62 heavy (non-hydrogen) atoms. The molecule has 0 aliphatic heterocycles. The van der Waals surface area contributed by atoms with Crippen LogP contribution in [0.3, 0.4) is 0 Å². The smallest absolute Gasteiger partial charge is 0.164 e. The van der Waals surface area contributed by atoms with E-state index in [-0.39, 0.29) is 0 Å². The first-order chi connectivity index (χ1) is 30.8. The fraction of sp³-hybridized carbons (Fsp3) is 0. The molecule has 5 heteroatoms. The van der Waals surface area contributed by atoms with Crippen LogP contribution in [0.15, 0.2) is 224 Å². The van der Waals surface area contributed by atoms with Crippen LogP contribution in [-0.4, -0.2) is 24.1 Å². The molecule has 0 radical (unpaired) electrons. The van der Waals surface area contributed by atoms with Crippen molar-refractivity contribution in [3.05, 3.63) is 224 Å². The van der Waals surface area contributed by atoms with Crippen LogP contribution < -0.4 is 0 Å². The Morgan fingerprint density at radius 2 is 0.742 bits per heavy atom. The van der Waals surface area contributed by atoms with Crippen molar-refractivity contribution in [3.63, 3.8) is 0 Å². The number of benzene rings is 9. The molecule has 290 valence electrons. The van der Waals surface area contributed by atoms with Gasteiger partial charge in [-0.3, -0.25) is 0 Å². The molecule has 12 aromatic rings. The second kappa shape index (κ2) is 14.7. The fourth-order valence-corrected chi connectivity index (χ4v) is 9.15. The lowest BCUT2D eigenvalue weighted by Gasteiger charge is -2.17. The molecule has 0 fully saturated rings. The van der Waals surface area contributed by atoms with Gasteiger partial charge in [0.15, 0.2) is 17.5 Å². The maximum absolute atomic E-state index is 5.15. The first kappa shape index (κ1) is 35.5. The number of para-hydroxylation sites is 3. The number of fused-ring (bicyclic) bond motifs is 6. The van der Waals surface area contributed by atoms with Crippen molar-refractivity contribution >= 4 is 43.6 Å². The van der Waals surface area contributed by atoms with Gasteiger partial charge >= 0.3 is 0 Å². The molecule has 12 rings (SSSR count). The minimum atomic E-state index is 0.610. The number of rotatable bonds is 7. The van der Waals surface area contributed by atoms with Crippen molar-refractivity contribution in [3.8, 4) is 67.8 Å². The molecule has 3 aromatic heterocycles. The van der Waals surface area contributed by atoms with Crippen LogP contribution in [0.25, 0.3) is 111 Å². The lowest BCUT2D eigenvalue weighted by molar-refractivity contribution is 1.07. The predicted molar refractivity (Wildman–Crippen MR) is 256 cm³/mol. The van der Waals surface area contributed by atoms with Crippen LogP contribution >= 0.6 is 0 Å². The van der Waals surface area contributed by atoms with Gasteiger partial charge in [-0.05, 0) is 41.5 Å². The maximum atomic E-state index is 5.15. The minimum Gasteiger partial charge on any atom is -0.309 e. The second-order valence-corrected chi connectivity index (χ2v) is 15.6. The first-order valence-electron chi connectivity index (χ1n) is 21.0. The summed E-state index contributed by atoms with van der Waals surface area (Å²) in [6, 6.07) is 79.4. The number of aromatic nitrogens is 5. The van der Waals surface area contributed by atoms with E-state index in [4.69, 9.17) is 15.0 Å². The van der Waals surface area contributed by atoms with Crippen LogP contribution in [0.4, 0.5) is 0 Å². The van der Waals surface area contributed by atoms with E-state index in [2.05, 4.69) is 173 Å². The van der Waals surface area contributed by atoms with Crippen LogP contribution in [0.5, 0.6) is 0 Å². The van der Waals surface area contributed by atoms with E-state index >= 15 is 0 Å². The van der Waals surface area contributed by atoms with E-state index in [0.717, 1.165) is 55.7 Å². The van der Waals surface area contributed by atoms with E-state index in [1.165, 1.54) is 38.2 Å². The van der Waals surface area contributed by atoms with Gasteiger partial charge < -0.3 is 9.13 Å². The normalized spacial score (nSPS) is 11.5. The molecule has 0 unspecified atom stereocenters. The van der Waals surface area contributed by atoms with Crippen LogP contribution in [0.2, 0.25) is 0 Å². The molecule has 0 spiro atoms. The summed E-state index contributed by atoms with van der Waals surface area (Å²) in [6.45, 7) is 0. The zero-order valence-corrected chi connectivity index (χ0v) is 33.6. The van der Waals surface area contributed by atoms with Crippen molar-refractivity contribution in [2.45, 2.75) is 0 Å². The van der Waals surface area contributed by atoms with Crippen LogP contribution in [-0.2, 0) is 0 Å². The SMILES string of the molecule is c1ccc(-c2nc(-c3ccccc3)nc(-c3ccc(-c4ccccc4)c(-n4c5ccccc5c5ccc(-n6c7ccccc7c7cccc(-c8ccccc8)c76)cc54)c3)n2)cc1. The Morgan fingerprint density at radius 3 is 1.35 bits per heavy atom. The lowest BCUT2D eigenvalue weighted by Crippen LogP contribution is -2.02. The van der Waals surface area contributed by atoms with E-state index in [0.29, 0.717) is 17.5 Å². The second-order valence-electron chi connectivity index (χ2n) is 15.6. The molecule has 0 bridgehead atoms. The molecule has 3 heterocycles. The number of hydrogen-bond acceptors (Lipinski definition) is 3. The molecule has 0 aliphatic rings. The van der Waals surface area contributed by atoms with Gasteiger partial charge in [-0.2, -0.15) is 0 Å². The van der Waals surface area contributed by atoms with Gasteiger partial charge in [-0.1, -0.05) is 194 Å². The molecule has 0 saturated heterocycles. The molecule has 0 amide bonds. The third-order valence-electron chi connectivity index (χ3n) is 12.0. The molecule has 0 N–H and O–H groups in total. The van der Waals surface area contributed by atoms with E-state index in [1.54, 1.807) is 0 Å². The van der Waals surface area contributed by atoms with Crippen molar-refractivity contribution in [1.29, 1.82) is 0 Å². The van der Waals surface area contributed by atoms with Gasteiger partial charge in [0, 0.05) is 55.0 Å². The molecule has 0 atom stereocenters. The Hall–Kier alpha value is -8.41. The van der Waals surface area contributed by atoms with Gasteiger partial charge in [-0.25, -0.2) is 15.0 Å². The van der Waals surface area contributed by atoms with E-state index in [1.807, 2.05) is 60.7 Å². The maximum Gasteiger partial charge on any atom is 0.164 e. The highest BCUT2D eigenvalue weighted by Gasteiger charge is 2.21. The van der Waals surface area contributed by atoms with E-state index in [9.17, 15) is 0 Å². The Labute approximate surface area is 358 Å². The summed E-state index contributed by atoms with van der Waals surface area (Å²) in [6.07, 6.45) is 0. The predicted octanol–water partition coefficient (Wildman–Crippen LogP) is 14.4. The first-order valence-corrected chi connectivity index (χ1v) is 21.0. The summed E-state index contributed by atoms with van der Waals surface area (Å²) in [4.78, 5) is 15.3. The summed E-state index contributed by atoms with van der Waals surface area (Å²) < 4.78 is 4.88. The summed E-state index contributed by atoms with van der Waals surface area (Å²) in [5.41, 5.74) is 14.1. The lowest BCUT2D eigenvalue weighted by atomic mass is 10.0. The van der Waals surface area contributed by atoms with Crippen molar-refractivity contribution in [2.75, 3.05) is 0 Å². The Bertz CT molecular complexity index is 3550. The summed E-state index contributed by atoms with van der Waals surface area (Å²) in [5, 5.41) is 4.81. The van der Waals surface area contributed by atoms with Crippen molar-refractivity contribution in [2.24, 2.45) is 0 Å². The van der Waals surface area contributed by atoms with Gasteiger partial charge in [0.1, 0.15) is 0 Å².